The van der Waals surface area contributed by atoms with Gasteiger partial charge in [-0.25, -0.2) is 0 Å². The number of hydrogen-bond acceptors (Lipinski definition) is 2. The third kappa shape index (κ3) is 3.73. The molecular weight excluding hydrogens is 292 g/mol. The Kier molecular flexibility index (Phi) is 5.42. The van der Waals surface area contributed by atoms with E-state index in [0.29, 0.717) is 6.54 Å². The molecule has 0 aliphatic carbocycles. The Labute approximate surface area is 144 Å². The summed E-state index contributed by atoms with van der Waals surface area (Å²) in [6.45, 7) is 0.605. The number of hydrogen-bond donors (Lipinski definition) is 2. The van der Waals surface area contributed by atoms with E-state index in [4.69, 9.17) is 11.5 Å². The second kappa shape index (κ2) is 7.91. The first-order valence-corrected chi connectivity index (χ1v) is 8.33. The van der Waals surface area contributed by atoms with Crippen molar-refractivity contribution in [2.45, 2.75) is 12.5 Å². The van der Waals surface area contributed by atoms with Crippen LogP contribution in [0.4, 0.5) is 0 Å². The van der Waals surface area contributed by atoms with E-state index in [2.05, 4.69) is 72.8 Å². The summed E-state index contributed by atoms with van der Waals surface area (Å²) in [5, 5.41) is 0. The van der Waals surface area contributed by atoms with Gasteiger partial charge in [-0.05, 0) is 35.2 Å². The van der Waals surface area contributed by atoms with Crippen molar-refractivity contribution in [2.24, 2.45) is 11.5 Å². The average molecular weight is 315 g/mol. The van der Waals surface area contributed by atoms with E-state index in [1.165, 1.54) is 22.6 Å². The highest BCUT2D eigenvalue weighted by atomic mass is 14.7. The highest BCUT2D eigenvalue weighted by molar-refractivity contribution is 5.57. The van der Waals surface area contributed by atoms with Gasteiger partial charge in [0.15, 0.2) is 0 Å². The Bertz CT molecular complexity index is 696. The quantitative estimate of drug-likeness (QED) is 0.674. The van der Waals surface area contributed by atoms with Crippen LogP contribution in [0.1, 0.15) is 34.7 Å². The van der Waals surface area contributed by atoms with Crippen molar-refractivity contribution in [1.82, 2.24) is 0 Å². The maximum Gasteiger partial charge on any atom is 0.0629 e. The number of benzene rings is 3. The van der Waals surface area contributed by atoms with Gasteiger partial charge in [-0.2, -0.15) is 0 Å². The Morgan fingerprint density at radius 3 is 1.58 bits per heavy atom. The van der Waals surface area contributed by atoms with Gasteiger partial charge in [-0.15, -0.1) is 0 Å². The van der Waals surface area contributed by atoms with Crippen molar-refractivity contribution in [1.29, 1.82) is 0 Å². The van der Waals surface area contributed by atoms with Crippen LogP contribution in [-0.2, 0) is 0 Å². The van der Waals surface area contributed by atoms with Gasteiger partial charge in [0.05, 0.1) is 5.92 Å². The van der Waals surface area contributed by atoms with Gasteiger partial charge in [0, 0.05) is 6.04 Å². The minimum Gasteiger partial charge on any atom is -0.330 e. The molecule has 0 aliphatic rings. The molecule has 0 fully saturated rings. The number of nitrogens with two attached hydrogens (primary N) is 2. The van der Waals surface area contributed by atoms with Gasteiger partial charge in [0.2, 0.25) is 0 Å². The summed E-state index contributed by atoms with van der Waals surface area (Å²) in [7, 11) is 0. The Hall–Kier alpha value is -2.42. The lowest BCUT2D eigenvalue weighted by Crippen LogP contribution is -2.15. The molecule has 121 valence electrons. The first-order valence-electron chi connectivity index (χ1n) is 8.33. The van der Waals surface area contributed by atoms with Crippen LogP contribution in [-0.4, -0.2) is 6.54 Å². The Balaban J connectivity index is 1.97. The molecule has 1 unspecified atom stereocenters. The maximum absolute atomic E-state index is 6.17. The predicted octanol–water partition coefficient (Wildman–Crippen LogP) is 4.05. The highest BCUT2D eigenvalue weighted by Crippen LogP contribution is 2.31. The van der Waals surface area contributed by atoms with Crippen molar-refractivity contribution >= 4 is 0 Å². The minimum absolute atomic E-state index is 0.000880. The molecule has 0 saturated carbocycles. The highest BCUT2D eigenvalue weighted by Gasteiger charge is 2.17. The van der Waals surface area contributed by atoms with Crippen molar-refractivity contribution in [3.8, 4) is 0 Å². The fraction of sp³-hybridized carbons (Fsp3) is 0.136. The second-order valence-corrected chi connectivity index (χ2v) is 5.91. The van der Waals surface area contributed by atoms with E-state index in [1.54, 1.807) is 0 Å². The van der Waals surface area contributed by atoms with Gasteiger partial charge in [0.25, 0.3) is 0 Å². The summed E-state index contributed by atoms with van der Waals surface area (Å²) in [6, 6.07) is 29.5. The number of rotatable bonds is 6. The summed E-state index contributed by atoms with van der Waals surface area (Å²) >= 11 is 0. The van der Waals surface area contributed by atoms with Crippen molar-refractivity contribution in [3.05, 3.63) is 113 Å². The molecule has 0 aliphatic heterocycles. The predicted molar refractivity (Wildman–Crippen MR) is 100 cm³/mol. The summed E-state index contributed by atoms with van der Waals surface area (Å²) in [5.41, 5.74) is 16.5. The molecule has 2 heteroatoms. The molecule has 0 saturated heterocycles. The van der Waals surface area contributed by atoms with Crippen LogP contribution >= 0.6 is 0 Å². The van der Waals surface area contributed by atoms with E-state index in [1.807, 2.05) is 12.1 Å². The van der Waals surface area contributed by atoms with E-state index >= 15 is 0 Å². The second-order valence-electron chi connectivity index (χ2n) is 5.91. The fourth-order valence-corrected chi connectivity index (χ4v) is 2.95. The van der Waals surface area contributed by atoms with Crippen molar-refractivity contribution < 1.29 is 0 Å². The van der Waals surface area contributed by atoms with Crippen LogP contribution in [0.3, 0.4) is 0 Å². The molecule has 1 radical (unpaired) electrons. The third-order valence-electron chi connectivity index (χ3n) is 4.23. The molecule has 0 spiro atoms. The molecule has 1 atom stereocenters. The van der Waals surface area contributed by atoms with Crippen LogP contribution in [0.2, 0.25) is 0 Å². The normalized spacial score (nSPS) is 12.3. The molecule has 2 nitrogen and oxygen atoms in total. The van der Waals surface area contributed by atoms with Crippen LogP contribution in [0.5, 0.6) is 0 Å². The first-order chi connectivity index (χ1) is 11.8. The molecule has 0 aromatic heterocycles. The smallest absolute Gasteiger partial charge is 0.0629 e. The lowest BCUT2D eigenvalue weighted by molar-refractivity contribution is 0.661. The van der Waals surface area contributed by atoms with Crippen LogP contribution < -0.4 is 11.5 Å². The lowest BCUT2D eigenvalue weighted by atomic mass is 9.84. The van der Waals surface area contributed by atoms with Gasteiger partial charge in [-0.1, -0.05) is 84.9 Å². The topological polar surface area (TPSA) is 52.0 Å². The average Bonchev–Trinajstić information content (AvgIpc) is 2.64. The van der Waals surface area contributed by atoms with E-state index < -0.39 is 0 Å². The molecule has 0 amide bonds. The molecule has 0 heterocycles. The van der Waals surface area contributed by atoms with Crippen LogP contribution in [0, 0.1) is 5.92 Å². The molecule has 3 aromatic rings. The molecular formula is C22H23N2. The third-order valence-corrected chi connectivity index (χ3v) is 4.23. The summed E-state index contributed by atoms with van der Waals surface area (Å²) < 4.78 is 0. The van der Waals surface area contributed by atoms with Gasteiger partial charge < -0.3 is 11.5 Å². The standard InChI is InChI=1S/C22H23N2/c23-16-15-21(24)17-11-13-20(14-12-17)22(18-7-3-1-4-8-18)19-9-5-2-6-10-19/h1-14,21H,15-16,23-24H2. The minimum atomic E-state index is 0.000880. The molecule has 3 aromatic carbocycles. The van der Waals surface area contributed by atoms with Crippen molar-refractivity contribution in [2.75, 3.05) is 6.54 Å². The summed E-state index contributed by atoms with van der Waals surface area (Å²) in [6.07, 6.45) is 0.799. The summed E-state index contributed by atoms with van der Waals surface area (Å²) in [5.74, 6) is 1.23. The lowest BCUT2D eigenvalue weighted by Gasteiger charge is -2.19. The van der Waals surface area contributed by atoms with Gasteiger partial charge in [-0.3, -0.25) is 0 Å². The summed E-state index contributed by atoms with van der Waals surface area (Å²) in [4.78, 5) is 0. The fourth-order valence-electron chi connectivity index (χ4n) is 2.95. The zero-order chi connectivity index (χ0) is 16.8. The SMILES string of the molecule is NCCC(N)c1ccc([C](c2ccccc2)c2ccccc2)cc1. The van der Waals surface area contributed by atoms with Gasteiger partial charge in [0.1, 0.15) is 0 Å². The van der Waals surface area contributed by atoms with Gasteiger partial charge >= 0.3 is 0 Å². The van der Waals surface area contributed by atoms with E-state index in [0.717, 1.165) is 12.0 Å². The Morgan fingerprint density at radius 2 is 1.12 bits per heavy atom. The first kappa shape index (κ1) is 16.4. The Morgan fingerprint density at radius 1 is 0.667 bits per heavy atom. The van der Waals surface area contributed by atoms with E-state index in [9.17, 15) is 0 Å². The zero-order valence-electron chi connectivity index (χ0n) is 13.7. The van der Waals surface area contributed by atoms with Crippen LogP contribution in [0.15, 0.2) is 84.9 Å². The largest absolute Gasteiger partial charge is 0.330 e. The van der Waals surface area contributed by atoms with Crippen molar-refractivity contribution in [3.63, 3.8) is 0 Å². The molecule has 4 N–H and O–H groups in total. The van der Waals surface area contributed by atoms with Crippen LogP contribution in [0.25, 0.3) is 0 Å². The monoisotopic (exact) mass is 315 g/mol. The molecule has 24 heavy (non-hydrogen) atoms. The maximum atomic E-state index is 6.17. The molecule has 3 rings (SSSR count). The van der Waals surface area contributed by atoms with E-state index in [-0.39, 0.29) is 6.04 Å². The molecule has 0 bridgehead atoms. The zero-order valence-corrected chi connectivity index (χ0v) is 13.7.